The van der Waals surface area contributed by atoms with Crippen LogP contribution in [0.25, 0.3) is 0 Å². The van der Waals surface area contributed by atoms with Gasteiger partial charge in [-0.3, -0.25) is 4.79 Å². The molecule has 0 radical (unpaired) electrons. The van der Waals surface area contributed by atoms with Crippen LogP contribution in [0.3, 0.4) is 0 Å². The van der Waals surface area contributed by atoms with Crippen molar-refractivity contribution >= 4 is 27.8 Å². The number of ether oxygens (including phenoxy) is 2. The molecular weight excluding hydrogens is 342 g/mol. The van der Waals surface area contributed by atoms with Gasteiger partial charge >= 0.3 is 5.97 Å². The molecule has 0 atom stereocenters. The Morgan fingerprint density at radius 2 is 1.90 bits per heavy atom. The minimum Gasteiger partial charge on any atom is -0.493 e. The highest BCUT2D eigenvalue weighted by atomic mass is 79.9. The lowest BCUT2D eigenvalue weighted by molar-refractivity contribution is -0.133. The summed E-state index contributed by atoms with van der Waals surface area (Å²) in [7, 11) is 1.48. The van der Waals surface area contributed by atoms with Gasteiger partial charge < -0.3 is 19.2 Å². The Labute approximate surface area is 129 Å². The van der Waals surface area contributed by atoms with Crippen LogP contribution in [0, 0.1) is 0 Å². The standard InChI is InChI=1S/C14H12BrNO5/c1-19-9-4-2-3-5-10(9)21-13(17)8-16-14(18)11-6-7-12(15)20-11/h2-7H,8H2,1H3,(H,16,18). The first-order valence-electron chi connectivity index (χ1n) is 5.97. The highest BCUT2D eigenvalue weighted by molar-refractivity contribution is 9.10. The monoisotopic (exact) mass is 353 g/mol. The molecule has 0 bridgehead atoms. The topological polar surface area (TPSA) is 77.8 Å². The van der Waals surface area contributed by atoms with Crippen molar-refractivity contribution in [3.63, 3.8) is 0 Å². The summed E-state index contributed by atoms with van der Waals surface area (Å²) in [5, 5.41) is 2.40. The number of furan rings is 1. The molecule has 21 heavy (non-hydrogen) atoms. The van der Waals surface area contributed by atoms with Gasteiger partial charge in [0.05, 0.1) is 7.11 Å². The van der Waals surface area contributed by atoms with Crippen molar-refractivity contribution in [3.8, 4) is 11.5 Å². The van der Waals surface area contributed by atoms with Crippen LogP contribution in [0.5, 0.6) is 11.5 Å². The molecule has 0 unspecified atom stereocenters. The molecule has 0 saturated carbocycles. The lowest BCUT2D eigenvalue weighted by atomic mass is 10.3. The van der Waals surface area contributed by atoms with Gasteiger partial charge in [-0.05, 0) is 40.2 Å². The Morgan fingerprint density at radius 1 is 1.19 bits per heavy atom. The Morgan fingerprint density at radius 3 is 2.52 bits per heavy atom. The predicted molar refractivity (Wildman–Crippen MR) is 77.4 cm³/mol. The number of esters is 1. The minimum atomic E-state index is -0.613. The number of carbonyl (C=O) groups is 2. The summed E-state index contributed by atoms with van der Waals surface area (Å²) in [5.74, 6) is -0.282. The van der Waals surface area contributed by atoms with Gasteiger partial charge in [-0.2, -0.15) is 0 Å². The van der Waals surface area contributed by atoms with Gasteiger partial charge in [-0.1, -0.05) is 12.1 Å². The number of amides is 1. The smallest absolute Gasteiger partial charge is 0.330 e. The van der Waals surface area contributed by atoms with Gasteiger partial charge in [0.2, 0.25) is 0 Å². The third kappa shape index (κ3) is 4.09. The molecule has 1 aromatic carbocycles. The minimum absolute atomic E-state index is 0.104. The number of benzene rings is 1. The molecule has 1 amide bonds. The maximum absolute atomic E-state index is 11.7. The lowest BCUT2D eigenvalue weighted by Crippen LogP contribution is -2.31. The van der Waals surface area contributed by atoms with E-state index in [0.29, 0.717) is 16.2 Å². The van der Waals surface area contributed by atoms with Gasteiger partial charge in [-0.25, -0.2) is 4.79 Å². The van der Waals surface area contributed by atoms with Crippen molar-refractivity contribution in [1.29, 1.82) is 0 Å². The van der Waals surface area contributed by atoms with Crippen LogP contribution in [0.2, 0.25) is 0 Å². The summed E-state index contributed by atoms with van der Waals surface area (Å²) in [4.78, 5) is 23.4. The van der Waals surface area contributed by atoms with E-state index in [9.17, 15) is 9.59 Å². The summed E-state index contributed by atoms with van der Waals surface area (Å²) in [6.45, 7) is -0.283. The second kappa shape index (κ2) is 6.94. The molecule has 0 spiro atoms. The van der Waals surface area contributed by atoms with Crippen molar-refractivity contribution in [2.45, 2.75) is 0 Å². The molecule has 1 heterocycles. The largest absolute Gasteiger partial charge is 0.493 e. The van der Waals surface area contributed by atoms with Crippen molar-refractivity contribution < 1.29 is 23.5 Å². The van der Waals surface area contributed by atoms with Crippen LogP contribution in [0.1, 0.15) is 10.6 Å². The van der Waals surface area contributed by atoms with E-state index in [-0.39, 0.29) is 12.3 Å². The lowest BCUT2D eigenvalue weighted by Gasteiger charge is -2.08. The normalized spacial score (nSPS) is 10.0. The van der Waals surface area contributed by atoms with Crippen LogP contribution >= 0.6 is 15.9 Å². The fraction of sp³-hybridized carbons (Fsp3) is 0.143. The van der Waals surface area contributed by atoms with Gasteiger partial charge in [0.1, 0.15) is 6.54 Å². The molecule has 2 rings (SSSR count). The molecule has 0 aliphatic carbocycles. The maximum Gasteiger partial charge on any atom is 0.330 e. The molecule has 0 saturated heterocycles. The van der Waals surface area contributed by atoms with E-state index in [4.69, 9.17) is 13.9 Å². The first-order valence-corrected chi connectivity index (χ1v) is 6.76. The van der Waals surface area contributed by atoms with E-state index in [1.807, 2.05) is 0 Å². The third-order valence-electron chi connectivity index (χ3n) is 2.48. The summed E-state index contributed by atoms with van der Waals surface area (Å²) in [5.41, 5.74) is 0. The number of rotatable bonds is 5. The van der Waals surface area contributed by atoms with Crippen LogP contribution in [-0.4, -0.2) is 25.5 Å². The highest BCUT2D eigenvalue weighted by Crippen LogP contribution is 2.25. The molecule has 6 nitrogen and oxygen atoms in total. The Kier molecular flexibility index (Phi) is 4.99. The predicted octanol–water partition coefficient (Wildman–Crippen LogP) is 2.39. The Balaban J connectivity index is 1.89. The van der Waals surface area contributed by atoms with Crippen LogP contribution in [0.15, 0.2) is 45.5 Å². The van der Waals surface area contributed by atoms with E-state index >= 15 is 0 Å². The van der Waals surface area contributed by atoms with Gasteiger partial charge in [0.15, 0.2) is 21.9 Å². The average molecular weight is 354 g/mol. The molecular formula is C14H12BrNO5. The molecule has 110 valence electrons. The van der Waals surface area contributed by atoms with Crippen molar-refractivity contribution in [2.75, 3.05) is 13.7 Å². The maximum atomic E-state index is 11.7. The number of para-hydroxylation sites is 2. The van der Waals surface area contributed by atoms with Gasteiger partial charge in [0, 0.05) is 0 Å². The summed E-state index contributed by atoms with van der Waals surface area (Å²) in [6, 6.07) is 9.81. The molecule has 1 aromatic heterocycles. The number of halogens is 1. The van der Waals surface area contributed by atoms with E-state index in [0.717, 1.165) is 0 Å². The number of nitrogens with one attached hydrogen (secondary N) is 1. The zero-order valence-corrected chi connectivity index (χ0v) is 12.7. The molecule has 2 aromatic rings. The zero-order valence-electron chi connectivity index (χ0n) is 11.1. The first kappa shape index (κ1) is 15.1. The highest BCUT2D eigenvalue weighted by Gasteiger charge is 2.14. The quantitative estimate of drug-likeness (QED) is 0.659. The van der Waals surface area contributed by atoms with Crippen molar-refractivity contribution in [1.82, 2.24) is 5.32 Å². The van der Waals surface area contributed by atoms with Crippen molar-refractivity contribution in [3.05, 3.63) is 46.8 Å². The number of carbonyl (C=O) groups excluding carboxylic acids is 2. The Hall–Kier alpha value is -2.28. The second-order valence-electron chi connectivity index (χ2n) is 3.91. The van der Waals surface area contributed by atoms with Crippen molar-refractivity contribution in [2.24, 2.45) is 0 Å². The molecule has 0 aliphatic heterocycles. The number of hydrogen-bond donors (Lipinski definition) is 1. The second-order valence-corrected chi connectivity index (χ2v) is 4.69. The summed E-state index contributed by atoms with van der Waals surface area (Å²) in [6.07, 6.45) is 0. The van der Waals surface area contributed by atoms with Crippen LogP contribution in [0.4, 0.5) is 0 Å². The van der Waals surface area contributed by atoms with Gasteiger partial charge in [-0.15, -0.1) is 0 Å². The van der Waals surface area contributed by atoms with E-state index in [1.54, 1.807) is 30.3 Å². The number of methoxy groups -OCH3 is 1. The number of hydrogen-bond acceptors (Lipinski definition) is 5. The van der Waals surface area contributed by atoms with Crippen LogP contribution < -0.4 is 14.8 Å². The first-order chi connectivity index (χ1) is 10.1. The zero-order chi connectivity index (χ0) is 15.2. The summed E-state index contributed by atoms with van der Waals surface area (Å²) >= 11 is 3.09. The average Bonchev–Trinajstić information content (AvgIpc) is 2.92. The SMILES string of the molecule is COc1ccccc1OC(=O)CNC(=O)c1ccc(Br)o1. The fourth-order valence-corrected chi connectivity index (χ4v) is 1.84. The summed E-state index contributed by atoms with van der Waals surface area (Å²) < 4.78 is 15.7. The van der Waals surface area contributed by atoms with Crippen LogP contribution in [-0.2, 0) is 4.79 Å². The molecule has 0 fully saturated rings. The molecule has 7 heteroatoms. The van der Waals surface area contributed by atoms with E-state index in [2.05, 4.69) is 21.2 Å². The van der Waals surface area contributed by atoms with E-state index in [1.165, 1.54) is 13.2 Å². The fourth-order valence-electron chi connectivity index (χ4n) is 1.54. The van der Waals surface area contributed by atoms with E-state index < -0.39 is 11.9 Å². The molecule has 0 aliphatic rings. The molecule has 1 N–H and O–H groups in total. The third-order valence-corrected chi connectivity index (χ3v) is 2.91. The Bertz CT molecular complexity index is 652. The van der Waals surface area contributed by atoms with Gasteiger partial charge in [0.25, 0.3) is 5.91 Å².